The summed E-state index contributed by atoms with van der Waals surface area (Å²) >= 11 is 0. The molecule has 1 aromatic heterocycles. The van der Waals surface area contributed by atoms with Crippen LogP contribution in [0.4, 0.5) is 6.01 Å². The van der Waals surface area contributed by atoms with Crippen molar-refractivity contribution in [1.82, 2.24) is 15.5 Å². The van der Waals surface area contributed by atoms with Crippen LogP contribution in [0.2, 0.25) is 0 Å². The molecule has 0 unspecified atom stereocenters. The summed E-state index contributed by atoms with van der Waals surface area (Å²) in [6, 6.07) is 0.830. The largest absolute Gasteiger partial charge is 0.407 e. The Balaban J connectivity index is 1.85. The van der Waals surface area contributed by atoms with Crippen LogP contribution in [0.3, 0.4) is 0 Å². The summed E-state index contributed by atoms with van der Waals surface area (Å²) in [6.45, 7) is 4.08. The Morgan fingerprint density at radius 1 is 1.37 bits per heavy atom. The van der Waals surface area contributed by atoms with Gasteiger partial charge in [0.15, 0.2) is 9.84 Å². The third-order valence-corrected chi connectivity index (χ3v) is 5.41. The van der Waals surface area contributed by atoms with Crippen LogP contribution in [-0.4, -0.2) is 42.2 Å². The molecule has 1 heterocycles. The normalized spacial score (nSPS) is 16.6. The summed E-state index contributed by atoms with van der Waals surface area (Å²) in [4.78, 5) is 0. The molecule has 2 rings (SSSR count). The summed E-state index contributed by atoms with van der Waals surface area (Å²) in [6.07, 6.45) is 3.61. The summed E-state index contributed by atoms with van der Waals surface area (Å²) in [5.41, 5.74) is 0. The van der Waals surface area contributed by atoms with Gasteiger partial charge in [0.1, 0.15) is 0 Å². The topological polar surface area (TPSA) is 97.1 Å². The van der Waals surface area contributed by atoms with Gasteiger partial charge in [0, 0.05) is 18.8 Å². The molecule has 8 heteroatoms. The lowest BCUT2D eigenvalue weighted by molar-refractivity contribution is 0.473. The molecule has 0 bridgehead atoms. The summed E-state index contributed by atoms with van der Waals surface area (Å²) in [5.74, 6) is 0.506. The predicted molar refractivity (Wildman–Crippen MR) is 71.6 cm³/mol. The molecule has 0 aromatic carbocycles. The van der Waals surface area contributed by atoms with Gasteiger partial charge in [-0.1, -0.05) is 5.10 Å². The van der Waals surface area contributed by atoms with Crippen LogP contribution in [0.1, 0.15) is 32.6 Å². The van der Waals surface area contributed by atoms with Crippen molar-refractivity contribution in [2.45, 2.75) is 44.0 Å². The molecule has 19 heavy (non-hydrogen) atoms. The Hall–Kier alpha value is -1.15. The number of nitrogens with zero attached hydrogens (tertiary/aromatic N) is 2. The van der Waals surface area contributed by atoms with Crippen LogP contribution in [0.15, 0.2) is 4.42 Å². The first-order chi connectivity index (χ1) is 8.78. The van der Waals surface area contributed by atoms with E-state index in [1.165, 1.54) is 19.1 Å². The lowest BCUT2D eigenvalue weighted by Gasteiger charge is -2.21. The van der Waals surface area contributed by atoms with Gasteiger partial charge in [0.05, 0.1) is 11.3 Å². The van der Waals surface area contributed by atoms with Gasteiger partial charge >= 0.3 is 6.01 Å². The molecule has 0 spiro atoms. The SMILES string of the molecule is CC(C)(CNc1nnc(CNC2CC2)o1)S(C)(=O)=O. The van der Waals surface area contributed by atoms with E-state index >= 15 is 0 Å². The Morgan fingerprint density at radius 3 is 2.63 bits per heavy atom. The lowest BCUT2D eigenvalue weighted by Crippen LogP contribution is -2.38. The lowest BCUT2D eigenvalue weighted by atomic mass is 10.2. The van der Waals surface area contributed by atoms with E-state index in [4.69, 9.17) is 4.42 Å². The zero-order chi connectivity index (χ0) is 14.1. The highest BCUT2D eigenvalue weighted by Gasteiger charge is 2.30. The van der Waals surface area contributed by atoms with Gasteiger partial charge in [0.25, 0.3) is 0 Å². The van der Waals surface area contributed by atoms with E-state index in [0.717, 1.165) is 0 Å². The highest BCUT2D eigenvalue weighted by atomic mass is 32.2. The second kappa shape index (κ2) is 5.09. The quantitative estimate of drug-likeness (QED) is 0.756. The van der Waals surface area contributed by atoms with Crippen molar-refractivity contribution in [3.63, 3.8) is 0 Å². The maximum atomic E-state index is 11.5. The first kappa shape index (κ1) is 14.3. The molecule has 1 fully saturated rings. The molecule has 108 valence electrons. The number of sulfone groups is 1. The van der Waals surface area contributed by atoms with Crippen molar-refractivity contribution in [2.24, 2.45) is 0 Å². The number of hydrogen-bond acceptors (Lipinski definition) is 7. The highest BCUT2D eigenvalue weighted by molar-refractivity contribution is 7.92. The fraction of sp³-hybridized carbons (Fsp3) is 0.818. The summed E-state index contributed by atoms with van der Waals surface area (Å²) < 4.78 is 27.6. The number of hydrogen-bond donors (Lipinski definition) is 2. The maximum absolute atomic E-state index is 11.5. The van der Waals surface area contributed by atoms with Gasteiger partial charge in [0.2, 0.25) is 5.89 Å². The van der Waals surface area contributed by atoms with Gasteiger partial charge in [-0.2, -0.15) is 0 Å². The minimum Gasteiger partial charge on any atom is -0.407 e. The molecule has 0 aliphatic heterocycles. The smallest absolute Gasteiger partial charge is 0.315 e. The average molecular weight is 288 g/mol. The number of rotatable bonds is 7. The molecule has 2 N–H and O–H groups in total. The second-order valence-corrected chi connectivity index (χ2v) is 8.19. The Labute approximate surface area is 113 Å². The maximum Gasteiger partial charge on any atom is 0.315 e. The molecule has 0 atom stereocenters. The van der Waals surface area contributed by atoms with E-state index in [9.17, 15) is 8.42 Å². The van der Waals surface area contributed by atoms with Gasteiger partial charge in [-0.3, -0.25) is 0 Å². The summed E-state index contributed by atoms with van der Waals surface area (Å²) in [7, 11) is -3.14. The van der Waals surface area contributed by atoms with E-state index in [1.54, 1.807) is 13.8 Å². The zero-order valence-electron chi connectivity index (χ0n) is 11.4. The fourth-order valence-corrected chi connectivity index (χ4v) is 1.67. The van der Waals surface area contributed by atoms with Crippen molar-refractivity contribution in [3.8, 4) is 0 Å². The summed E-state index contributed by atoms with van der Waals surface area (Å²) in [5, 5.41) is 13.9. The molecule has 1 aliphatic carbocycles. The minimum atomic E-state index is -3.14. The van der Waals surface area contributed by atoms with Crippen LogP contribution in [0.25, 0.3) is 0 Å². The molecule has 0 saturated heterocycles. The van der Waals surface area contributed by atoms with Gasteiger partial charge < -0.3 is 15.1 Å². The van der Waals surface area contributed by atoms with Gasteiger partial charge in [-0.25, -0.2) is 8.42 Å². The van der Waals surface area contributed by atoms with Crippen molar-refractivity contribution in [3.05, 3.63) is 5.89 Å². The van der Waals surface area contributed by atoms with E-state index < -0.39 is 14.6 Å². The minimum absolute atomic E-state index is 0.226. The van der Waals surface area contributed by atoms with Crippen LogP contribution < -0.4 is 10.6 Å². The molecular weight excluding hydrogens is 268 g/mol. The van der Waals surface area contributed by atoms with Gasteiger partial charge in [-0.05, 0) is 26.7 Å². The third-order valence-electron chi connectivity index (χ3n) is 3.26. The van der Waals surface area contributed by atoms with Crippen LogP contribution in [0.5, 0.6) is 0 Å². The average Bonchev–Trinajstić information content (AvgIpc) is 3.01. The molecule has 0 radical (unpaired) electrons. The second-order valence-electron chi connectivity index (χ2n) is 5.54. The molecule has 1 aromatic rings. The number of anilines is 1. The first-order valence-corrected chi connectivity index (χ1v) is 8.16. The van der Waals surface area contributed by atoms with Crippen molar-refractivity contribution in [2.75, 3.05) is 18.1 Å². The molecule has 0 amide bonds. The van der Waals surface area contributed by atoms with Crippen LogP contribution >= 0.6 is 0 Å². The number of aromatic nitrogens is 2. The monoisotopic (exact) mass is 288 g/mol. The van der Waals surface area contributed by atoms with Crippen molar-refractivity contribution < 1.29 is 12.8 Å². The van der Waals surface area contributed by atoms with Crippen molar-refractivity contribution in [1.29, 1.82) is 0 Å². The third kappa shape index (κ3) is 3.90. The van der Waals surface area contributed by atoms with E-state index in [-0.39, 0.29) is 12.6 Å². The number of nitrogens with one attached hydrogen (secondary N) is 2. The Morgan fingerprint density at radius 2 is 2.05 bits per heavy atom. The van der Waals surface area contributed by atoms with E-state index in [2.05, 4.69) is 20.8 Å². The predicted octanol–water partition coefficient (Wildman–Crippen LogP) is 0.557. The Kier molecular flexibility index (Phi) is 3.82. The molecule has 7 nitrogen and oxygen atoms in total. The van der Waals surface area contributed by atoms with Crippen molar-refractivity contribution >= 4 is 15.9 Å². The van der Waals surface area contributed by atoms with E-state index in [0.29, 0.717) is 18.5 Å². The van der Waals surface area contributed by atoms with Crippen LogP contribution in [0, 0.1) is 0 Å². The van der Waals surface area contributed by atoms with E-state index in [1.807, 2.05) is 0 Å². The fourth-order valence-electron chi connectivity index (χ4n) is 1.34. The molecular formula is C11H20N4O3S. The zero-order valence-corrected chi connectivity index (χ0v) is 12.2. The highest BCUT2D eigenvalue weighted by Crippen LogP contribution is 2.19. The Bertz CT molecular complexity index is 534. The van der Waals surface area contributed by atoms with Crippen LogP contribution in [-0.2, 0) is 16.4 Å². The molecule has 1 saturated carbocycles. The first-order valence-electron chi connectivity index (χ1n) is 6.27. The molecule has 1 aliphatic rings. The standard InChI is InChI=1S/C11H20N4O3S/c1-11(2,19(3,16)17)7-13-10-15-14-9(18-10)6-12-8-4-5-8/h8,12H,4-7H2,1-3H3,(H,13,15). The van der Waals surface area contributed by atoms with Gasteiger partial charge in [-0.15, -0.1) is 5.10 Å².